The van der Waals surface area contributed by atoms with E-state index in [4.69, 9.17) is 0 Å². The zero-order valence-electron chi connectivity index (χ0n) is 15.1. The molecular weight excluding hydrogens is 376 g/mol. The number of hydrogen-bond acceptors (Lipinski definition) is 3. The molecule has 0 aliphatic rings. The molecule has 144 valence electrons. The maximum atomic E-state index is 13.8. The number of rotatable bonds is 4. The maximum Gasteiger partial charge on any atom is 0.275 e. The number of para-hydroxylation sites is 1. The van der Waals surface area contributed by atoms with Gasteiger partial charge in [-0.25, -0.2) is 13.5 Å². The van der Waals surface area contributed by atoms with Crippen LogP contribution in [0.4, 0.5) is 14.5 Å². The number of anilines is 1. The minimum Gasteiger partial charge on any atom is -0.324 e. The molecular formula is C22H15F2N3O2. The van der Waals surface area contributed by atoms with Gasteiger partial charge in [-0.2, -0.15) is 5.10 Å². The summed E-state index contributed by atoms with van der Waals surface area (Å²) in [5, 5.41) is 7.79. The number of amides is 1. The Morgan fingerprint density at radius 3 is 2.31 bits per heavy atom. The fraction of sp³-hybridized carbons (Fsp3) is 0.0455. The molecule has 1 N–H and O–H groups in total. The minimum atomic E-state index is -1.02. The molecule has 4 rings (SSSR count). The Balaban J connectivity index is 1.78. The topological polar surface area (TPSA) is 64.0 Å². The van der Waals surface area contributed by atoms with Gasteiger partial charge in [-0.1, -0.05) is 36.4 Å². The van der Waals surface area contributed by atoms with Crippen molar-refractivity contribution in [1.29, 1.82) is 0 Å². The molecule has 0 spiro atoms. The van der Waals surface area contributed by atoms with E-state index in [0.717, 1.165) is 16.8 Å². The van der Waals surface area contributed by atoms with E-state index in [1.807, 2.05) is 6.07 Å². The Morgan fingerprint density at radius 2 is 1.59 bits per heavy atom. The van der Waals surface area contributed by atoms with Crippen molar-refractivity contribution in [2.24, 2.45) is 0 Å². The van der Waals surface area contributed by atoms with Gasteiger partial charge >= 0.3 is 0 Å². The molecule has 1 amide bonds. The quantitative estimate of drug-likeness (QED) is 0.572. The van der Waals surface area contributed by atoms with Gasteiger partial charge in [-0.15, -0.1) is 0 Å². The number of nitrogens with zero attached hydrogens (tertiary/aromatic N) is 2. The smallest absolute Gasteiger partial charge is 0.275 e. The van der Waals surface area contributed by atoms with E-state index >= 15 is 0 Å². The van der Waals surface area contributed by atoms with Gasteiger partial charge in [0.15, 0.2) is 11.6 Å². The van der Waals surface area contributed by atoms with Crippen molar-refractivity contribution in [2.45, 2.75) is 6.54 Å². The average Bonchev–Trinajstić information content (AvgIpc) is 2.73. The third-order valence-electron chi connectivity index (χ3n) is 4.41. The average molecular weight is 391 g/mol. The van der Waals surface area contributed by atoms with Crippen molar-refractivity contribution in [3.05, 3.63) is 94.8 Å². The highest BCUT2D eigenvalue weighted by atomic mass is 19.2. The second-order valence-corrected chi connectivity index (χ2v) is 6.40. The lowest BCUT2D eigenvalue weighted by Crippen LogP contribution is -2.30. The number of aromatic nitrogens is 2. The normalized spacial score (nSPS) is 10.8. The summed E-state index contributed by atoms with van der Waals surface area (Å²) in [6.45, 7) is -0.324. The van der Waals surface area contributed by atoms with Gasteiger partial charge < -0.3 is 5.32 Å². The lowest BCUT2D eigenvalue weighted by molar-refractivity contribution is -0.117. The first kappa shape index (κ1) is 18.5. The molecule has 4 aromatic rings. The van der Waals surface area contributed by atoms with Crippen LogP contribution in [0.1, 0.15) is 0 Å². The molecule has 0 saturated heterocycles. The first-order valence-corrected chi connectivity index (χ1v) is 8.83. The molecule has 5 nitrogen and oxygen atoms in total. The van der Waals surface area contributed by atoms with Crippen molar-refractivity contribution in [3.8, 4) is 11.3 Å². The SMILES string of the molecule is O=C(Cn1nc(-c2ccc(F)c(F)c2)c2ccccc2c1=O)Nc1ccccc1. The van der Waals surface area contributed by atoms with Crippen LogP contribution in [0.25, 0.3) is 22.0 Å². The number of halogens is 2. The fourth-order valence-corrected chi connectivity index (χ4v) is 3.06. The summed E-state index contributed by atoms with van der Waals surface area (Å²) in [5.41, 5.74) is 0.728. The molecule has 0 radical (unpaired) electrons. The zero-order valence-corrected chi connectivity index (χ0v) is 15.1. The Labute approximate surface area is 164 Å². The van der Waals surface area contributed by atoms with Crippen LogP contribution in [0.3, 0.4) is 0 Å². The van der Waals surface area contributed by atoms with E-state index in [1.165, 1.54) is 6.07 Å². The molecule has 0 saturated carbocycles. The van der Waals surface area contributed by atoms with Gasteiger partial charge in [-0.3, -0.25) is 9.59 Å². The van der Waals surface area contributed by atoms with E-state index in [1.54, 1.807) is 48.5 Å². The van der Waals surface area contributed by atoms with Crippen LogP contribution in [0.5, 0.6) is 0 Å². The summed E-state index contributed by atoms with van der Waals surface area (Å²) in [6.07, 6.45) is 0. The van der Waals surface area contributed by atoms with Gasteiger partial charge in [0.25, 0.3) is 5.56 Å². The molecule has 0 aliphatic heterocycles. The highest BCUT2D eigenvalue weighted by Gasteiger charge is 2.15. The van der Waals surface area contributed by atoms with Crippen LogP contribution in [0, 0.1) is 11.6 Å². The lowest BCUT2D eigenvalue weighted by atomic mass is 10.0. The molecule has 1 aromatic heterocycles. The zero-order chi connectivity index (χ0) is 20.4. The summed E-state index contributed by atoms with van der Waals surface area (Å²) in [4.78, 5) is 25.2. The number of carbonyl (C=O) groups excluding carboxylic acids is 1. The molecule has 0 aliphatic carbocycles. The van der Waals surface area contributed by atoms with E-state index in [9.17, 15) is 18.4 Å². The largest absolute Gasteiger partial charge is 0.324 e. The van der Waals surface area contributed by atoms with Crippen molar-refractivity contribution in [2.75, 3.05) is 5.32 Å². The second kappa shape index (κ2) is 7.63. The molecule has 1 heterocycles. The number of carbonyl (C=O) groups is 1. The predicted molar refractivity (Wildman–Crippen MR) is 106 cm³/mol. The number of nitrogens with one attached hydrogen (secondary N) is 1. The van der Waals surface area contributed by atoms with E-state index in [2.05, 4.69) is 10.4 Å². The van der Waals surface area contributed by atoms with Crippen LogP contribution in [-0.4, -0.2) is 15.7 Å². The lowest BCUT2D eigenvalue weighted by Gasteiger charge is -2.12. The summed E-state index contributed by atoms with van der Waals surface area (Å²) in [5.74, 6) is -2.43. The number of fused-ring (bicyclic) bond motifs is 1. The van der Waals surface area contributed by atoms with Crippen LogP contribution >= 0.6 is 0 Å². The van der Waals surface area contributed by atoms with Gasteiger partial charge in [-0.05, 0) is 36.4 Å². The van der Waals surface area contributed by atoms with Crippen LogP contribution in [0.2, 0.25) is 0 Å². The molecule has 0 unspecified atom stereocenters. The maximum absolute atomic E-state index is 13.8. The van der Waals surface area contributed by atoms with Crippen LogP contribution in [-0.2, 0) is 11.3 Å². The number of benzene rings is 3. The van der Waals surface area contributed by atoms with Gasteiger partial charge in [0, 0.05) is 16.6 Å². The van der Waals surface area contributed by atoms with E-state index in [0.29, 0.717) is 22.0 Å². The Kier molecular flexibility index (Phi) is 4.87. The first-order chi connectivity index (χ1) is 14.0. The summed E-state index contributed by atoms with van der Waals surface area (Å²) >= 11 is 0. The molecule has 0 atom stereocenters. The summed E-state index contributed by atoms with van der Waals surface area (Å²) in [6, 6.07) is 18.9. The van der Waals surface area contributed by atoms with Gasteiger partial charge in [0.2, 0.25) is 5.91 Å². The predicted octanol–water partition coefficient (Wildman–Crippen LogP) is 3.98. The van der Waals surface area contributed by atoms with Gasteiger partial charge in [0.1, 0.15) is 6.54 Å². The highest BCUT2D eigenvalue weighted by molar-refractivity contribution is 5.94. The third-order valence-corrected chi connectivity index (χ3v) is 4.41. The Hall–Kier alpha value is -3.87. The van der Waals surface area contributed by atoms with Crippen LogP contribution < -0.4 is 10.9 Å². The van der Waals surface area contributed by atoms with Crippen molar-refractivity contribution < 1.29 is 13.6 Å². The van der Waals surface area contributed by atoms with E-state index in [-0.39, 0.29) is 12.2 Å². The fourth-order valence-electron chi connectivity index (χ4n) is 3.06. The Morgan fingerprint density at radius 1 is 0.897 bits per heavy atom. The number of hydrogen-bond donors (Lipinski definition) is 1. The van der Waals surface area contributed by atoms with Crippen molar-refractivity contribution in [1.82, 2.24) is 9.78 Å². The van der Waals surface area contributed by atoms with Gasteiger partial charge in [0.05, 0.1) is 11.1 Å². The molecule has 7 heteroatoms. The van der Waals surface area contributed by atoms with Crippen molar-refractivity contribution >= 4 is 22.4 Å². The highest BCUT2D eigenvalue weighted by Crippen LogP contribution is 2.26. The standard InChI is InChI=1S/C22H15F2N3O2/c23-18-11-10-14(12-19(18)24)21-16-8-4-5-9-17(16)22(29)27(26-21)13-20(28)25-15-6-2-1-3-7-15/h1-12H,13H2,(H,25,28). The summed E-state index contributed by atoms with van der Waals surface area (Å²) < 4.78 is 28.1. The monoisotopic (exact) mass is 391 g/mol. The van der Waals surface area contributed by atoms with Crippen LogP contribution in [0.15, 0.2) is 77.6 Å². The Bertz CT molecular complexity index is 1270. The third kappa shape index (κ3) is 3.75. The molecule has 0 fully saturated rings. The molecule has 29 heavy (non-hydrogen) atoms. The summed E-state index contributed by atoms with van der Waals surface area (Å²) in [7, 11) is 0. The second-order valence-electron chi connectivity index (χ2n) is 6.40. The minimum absolute atomic E-state index is 0.284. The van der Waals surface area contributed by atoms with Crippen molar-refractivity contribution in [3.63, 3.8) is 0 Å². The van der Waals surface area contributed by atoms with E-state index < -0.39 is 23.1 Å². The first-order valence-electron chi connectivity index (χ1n) is 8.83. The molecule has 3 aromatic carbocycles. The molecule has 0 bridgehead atoms.